The molecule has 4 aliphatic rings. The molecule has 0 spiro atoms. The molecule has 4 saturated carbocycles. The van der Waals surface area contributed by atoms with Gasteiger partial charge in [0.15, 0.2) is 8.32 Å². The quantitative estimate of drug-likeness (QED) is 0.207. The fourth-order valence-corrected chi connectivity index (χ4v) is 11.3. The van der Waals surface area contributed by atoms with Crippen molar-refractivity contribution in [2.75, 3.05) is 6.54 Å². The van der Waals surface area contributed by atoms with Crippen molar-refractivity contribution < 1.29 is 9.22 Å². The number of hydrogen-bond donors (Lipinski definition) is 0. The van der Waals surface area contributed by atoms with Gasteiger partial charge >= 0.3 is 0 Å². The van der Waals surface area contributed by atoms with E-state index in [4.69, 9.17) is 4.43 Å². The molecule has 0 radical (unpaired) electrons. The van der Waals surface area contributed by atoms with Gasteiger partial charge in [0.25, 0.3) is 0 Å². The van der Waals surface area contributed by atoms with Gasteiger partial charge in [0.1, 0.15) is 0 Å². The van der Waals surface area contributed by atoms with Crippen molar-refractivity contribution >= 4 is 14.4 Å². The van der Waals surface area contributed by atoms with Crippen molar-refractivity contribution in [1.29, 1.82) is 0 Å². The van der Waals surface area contributed by atoms with E-state index in [2.05, 4.69) is 66.6 Å². The molecule has 35 heavy (non-hydrogen) atoms. The van der Waals surface area contributed by atoms with Gasteiger partial charge in [0, 0.05) is 6.10 Å². The largest absolute Gasteiger partial charge is 0.414 e. The number of isocyanates is 1. The van der Waals surface area contributed by atoms with Crippen molar-refractivity contribution in [3.8, 4) is 0 Å². The summed E-state index contributed by atoms with van der Waals surface area (Å²) in [7, 11) is -1.73. The number of fused-ring (bicyclic) bond motifs is 5. The van der Waals surface area contributed by atoms with Gasteiger partial charge in [0.2, 0.25) is 6.08 Å². The number of aliphatic imine (C=N–C) groups is 1. The molecular formula is C31H55NO2Si. The highest BCUT2D eigenvalue weighted by Crippen LogP contribution is 2.69. The first-order chi connectivity index (χ1) is 16.3. The summed E-state index contributed by atoms with van der Waals surface area (Å²) < 4.78 is 7.03. The molecule has 0 bridgehead atoms. The van der Waals surface area contributed by atoms with Crippen LogP contribution in [0.4, 0.5) is 0 Å². The van der Waals surface area contributed by atoms with E-state index in [1.54, 1.807) is 6.08 Å². The summed E-state index contributed by atoms with van der Waals surface area (Å²) in [6.45, 7) is 22.8. The van der Waals surface area contributed by atoms with Crippen molar-refractivity contribution in [2.24, 2.45) is 57.2 Å². The monoisotopic (exact) mass is 501 g/mol. The Bertz CT molecular complexity index is 813. The minimum Gasteiger partial charge on any atom is -0.414 e. The predicted molar refractivity (Wildman–Crippen MR) is 149 cm³/mol. The lowest BCUT2D eigenvalue weighted by atomic mass is 9.42. The highest BCUT2D eigenvalue weighted by Gasteiger charge is 2.62. The van der Waals surface area contributed by atoms with Gasteiger partial charge in [-0.1, -0.05) is 54.9 Å². The van der Waals surface area contributed by atoms with Crippen molar-refractivity contribution in [1.82, 2.24) is 0 Å². The Morgan fingerprint density at radius 2 is 1.66 bits per heavy atom. The molecule has 3 nitrogen and oxygen atoms in total. The zero-order chi connectivity index (χ0) is 25.8. The Morgan fingerprint density at radius 1 is 1.00 bits per heavy atom. The molecule has 4 aliphatic carbocycles. The van der Waals surface area contributed by atoms with E-state index in [0.717, 1.165) is 29.6 Å². The summed E-state index contributed by atoms with van der Waals surface area (Å²) in [5.74, 6) is 5.55. The molecule has 0 amide bonds. The average molecular weight is 502 g/mol. The summed E-state index contributed by atoms with van der Waals surface area (Å²) in [5, 5.41) is 0.288. The van der Waals surface area contributed by atoms with Crippen LogP contribution in [0.3, 0.4) is 0 Å². The second kappa shape index (κ2) is 9.70. The molecular weight excluding hydrogens is 446 g/mol. The van der Waals surface area contributed by atoms with Gasteiger partial charge in [0.05, 0.1) is 6.54 Å². The summed E-state index contributed by atoms with van der Waals surface area (Å²) in [6.07, 6.45) is 14.5. The second-order valence-electron chi connectivity index (χ2n) is 15.3. The van der Waals surface area contributed by atoms with Crippen LogP contribution in [0.2, 0.25) is 18.1 Å². The van der Waals surface area contributed by atoms with Crippen molar-refractivity contribution in [2.45, 2.75) is 130 Å². The molecule has 4 heteroatoms. The van der Waals surface area contributed by atoms with Gasteiger partial charge in [-0.05, 0) is 122 Å². The van der Waals surface area contributed by atoms with Gasteiger partial charge < -0.3 is 4.43 Å². The molecule has 4 fully saturated rings. The Hall–Kier alpha value is -0.443. The van der Waals surface area contributed by atoms with E-state index in [1.807, 2.05) is 0 Å². The maximum Gasteiger partial charge on any atom is 0.234 e. The summed E-state index contributed by atoms with van der Waals surface area (Å²) in [5.41, 5.74) is 0.923. The lowest BCUT2D eigenvalue weighted by Gasteiger charge is -2.63. The van der Waals surface area contributed by atoms with Crippen LogP contribution < -0.4 is 0 Å². The van der Waals surface area contributed by atoms with Gasteiger partial charge in [-0.2, -0.15) is 0 Å². The molecule has 0 saturated heterocycles. The molecule has 0 aromatic heterocycles. The standard InChI is InChI=1S/C31H55NO2Si/c1-10-22-17-24-26-12-11-25(21(2)19-32-20-33)30(26,6)16-14-27(24)31(7)15-13-23(18-28(22)31)34-35(8,9)29(3,4)5/h21-28H,10-19H2,1-9H3/t21-,22+,23?,24?,25?,26+,27+,28+,30?,31-/m1/s1. The van der Waals surface area contributed by atoms with Crippen LogP contribution in [-0.4, -0.2) is 27.0 Å². The smallest absolute Gasteiger partial charge is 0.234 e. The van der Waals surface area contributed by atoms with E-state index in [9.17, 15) is 4.79 Å². The van der Waals surface area contributed by atoms with E-state index in [0.29, 0.717) is 35.3 Å². The predicted octanol–water partition coefficient (Wildman–Crippen LogP) is 8.64. The fourth-order valence-electron chi connectivity index (χ4n) is 9.90. The molecule has 0 N–H and O–H groups in total. The van der Waals surface area contributed by atoms with E-state index in [1.165, 1.54) is 57.8 Å². The van der Waals surface area contributed by atoms with Crippen LogP contribution in [0.5, 0.6) is 0 Å². The summed E-state index contributed by atoms with van der Waals surface area (Å²) >= 11 is 0. The summed E-state index contributed by atoms with van der Waals surface area (Å²) in [6, 6.07) is 0. The van der Waals surface area contributed by atoms with Gasteiger partial charge in [-0.3, -0.25) is 0 Å². The SMILES string of the molecule is CC[C@H]1CC2[C@@H]3CCC([C@H](C)CN=C=O)C3(C)CC[C@@H]2[C@@]2(C)CCC(O[Si](C)(C)C(C)(C)C)C[C@@H]12. The zero-order valence-corrected chi connectivity index (χ0v) is 25.5. The average Bonchev–Trinajstić information content (AvgIpc) is 3.13. The normalized spacial score (nSPS) is 44.5. The molecule has 4 rings (SSSR count). The number of carbonyl (C=O) groups excluding carboxylic acids is 1. The lowest BCUT2D eigenvalue weighted by Crippen LogP contribution is -2.57. The molecule has 0 aromatic rings. The first kappa shape index (κ1) is 27.6. The Kier molecular flexibility index (Phi) is 7.65. The van der Waals surface area contributed by atoms with Crippen LogP contribution in [0.15, 0.2) is 4.99 Å². The topological polar surface area (TPSA) is 38.7 Å². The Labute approximate surface area is 217 Å². The molecule has 0 aliphatic heterocycles. The first-order valence-electron chi connectivity index (χ1n) is 15.0. The minimum absolute atomic E-state index is 0.288. The Morgan fingerprint density at radius 3 is 2.29 bits per heavy atom. The number of rotatable bonds is 6. The molecule has 0 aromatic carbocycles. The van der Waals surface area contributed by atoms with Crippen LogP contribution >= 0.6 is 0 Å². The third-order valence-corrected chi connectivity index (χ3v) is 17.3. The maximum atomic E-state index is 10.8. The molecule has 10 atom stereocenters. The highest BCUT2D eigenvalue weighted by atomic mass is 28.4. The second-order valence-corrected chi connectivity index (χ2v) is 20.1. The van der Waals surface area contributed by atoms with Crippen LogP contribution in [0, 0.1) is 52.3 Å². The molecule has 4 unspecified atom stereocenters. The van der Waals surface area contributed by atoms with Gasteiger partial charge in [-0.15, -0.1) is 0 Å². The van der Waals surface area contributed by atoms with Crippen LogP contribution in [-0.2, 0) is 9.22 Å². The van der Waals surface area contributed by atoms with Crippen molar-refractivity contribution in [3.63, 3.8) is 0 Å². The highest BCUT2D eigenvalue weighted by molar-refractivity contribution is 6.74. The number of nitrogens with zero attached hydrogens (tertiary/aromatic N) is 1. The fraction of sp³-hybridized carbons (Fsp3) is 0.968. The Balaban J connectivity index is 1.54. The van der Waals surface area contributed by atoms with Crippen LogP contribution in [0.1, 0.15) is 106 Å². The molecule has 200 valence electrons. The third kappa shape index (κ3) is 4.67. The maximum absolute atomic E-state index is 10.8. The zero-order valence-electron chi connectivity index (χ0n) is 24.5. The third-order valence-electron chi connectivity index (χ3n) is 12.8. The van der Waals surface area contributed by atoms with Crippen molar-refractivity contribution in [3.05, 3.63) is 0 Å². The van der Waals surface area contributed by atoms with Crippen LogP contribution in [0.25, 0.3) is 0 Å². The summed E-state index contributed by atoms with van der Waals surface area (Å²) in [4.78, 5) is 14.8. The first-order valence-corrected chi connectivity index (χ1v) is 17.9. The van der Waals surface area contributed by atoms with Gasteiger partial charge in [-0.25, -0.2) is 9.79 Å². The minimum atomic E-state index is -1.73. The molecule has 0 heterocycles. The lowest BCUT2D eigenvalue weighted by molar-refractivity contribution is -0.151. The number of hydrogen-bond acceptors (Lipinski definition) is 3. The van der Waals surface area contributed by atoms with E-state index >= 15 is 0 Å². The van der Waals surface area contributed by atoms with E-state index < -0.39 is 8.32 Å². The van der Waals surface area contributed by atoms with E-state index in [-0.39, 0.29) is 5.04 Å².